The molecule has 0 spiro atoms. The maximum Gasteiger partial charge on any atom is 0.0352 e. The molecule has 0 N–H and O–H groups in total. The van der Waals surface area contributed by atoms with Crippen molar-refractivity contribution in [1.82, 2.24) is 9.88 Å². The molecule has 2 heteroatoms. The number of hydrogen-bond acceptors (Lipinski definition) is 2. The predicted octanol–water partition coefficient (Wildman–Crippen LogP) is 3.33. The van der Waals surface area contributed by atoms with Crippen LogP contribution in [0.3, 0.4) is 0 Å². The van der Waals surface area contributed by atoms with E-state index < -0.39 is 0 Å². The second-order valence-electron chi connectivity index (χ2n) is 4.78. The average Bonchev–Trinajstić information content (AvgIpc) is 2.75. The molecule has 0 bridgehead atoms. The predicted molar refractivity (Wildman–Crippen MR) is 67.4 cm³/mol. The molecule has 2 rings (SSSR count). The van der Waals surface area contributed by atoms with Gasteiger partial charge < -0.3 is 0 Å². The van der Waals surface area contributed by atoms with E-state index in [-0.39, 0.29) is 0 Å². The summed E-state index contributed by atoms with van der Waals surface area (Å²) in [5.74, 6) is 0. The Morgan fingerprint density at radius 3 is 3.12 bits per heavy atom. The Balaban J connectivity index is 2.10. The quantitative estimate of drug-likeness (QED) is 0.770. The van der Waals surface area contributed by atoms with Crippen LogP contribution in [-0.4, -0.2) is 23.0 Å². The van der Waals surface area contributed by atoms with Crippen LogP contribution in [0.1, 0.15) is 49.8 Å². The van der Waals surface area contributed by atoms with Crippen molar-refractivity contribution in [3.8, 4) is 0 Å². The highest BCUT2D eigenvalue weighted by molar-refractivity contribution is 5.26. The average molecular weight is 218 g/mol. The molecule has 1 aliphatic heterocycles. The molecule has 2 heterocycles. The van der Waals surface area contributed by atoms with Crippen LogP contribution in [0.25, 0.3) is 0 Å². The van der Waals surface area contributed by atoms with Gasteiger partial charge in [0.2, 0.25) is 0 Å². The van der Waals surface area contributed by atoms with Crippen LogP contribution in [-0.2, 0) is 0 Å². The molecule has 1 saturated heterocycles. The van der Waals surface area contributed by atoms with E-state index in [1.165, 1.54) is 49.9 Å². The lowest BCUT2D eigenvalue weighted by Crippen LogP contribution is -2.24. The van der Waals surface area contributed by atoms with Crippen molar-refractivity contribution in [1.29, 1.82) is 0 Å². The fourth-order valence-electron chi connectivity index (χ4n) is 2.67. The molecular formula is C14H22N2. The molecule has 1 fully saturated rings. The number of pyridine rings is 1. The van der Waals surface area contributed by atoms with Gasteiger partial charge in [-0.2, -0.15) is 0 Å². The topological polar surface area (TPSA) is 16.1 Å². The number of rotatable bonds is 4. The van der Waals surface area contributed by atoms with Crippen molar-refractivity contribution in [2.45, 2.75) is 45.6 Å². The summed E-state index contributed by atoms with van der Waals surface area (Å²) in [7, 11) is 0. The van der Waals surface area contributed by atoms with Crippen LogP contribution < -0.4 is 0 Å². The van der Waals surface area contributed by atoms with Gasteiger partial charge in [0.05, 0.1) is 0 Å². The Labute approximate surface area is 98.7 Å². The fourth-order valence-corrected chi connectivity index (χ4v) is 2.67. The van der Waals surface area contributed by atoms with Gasteiger partial charge in [-0.1, -0.05) is 13.3 Å². The van der Waals surface area contributed by atoms with Crippen molar-refractivity contribution in [3.63, 3.8) is 0 Å². The Morgan fingerprint density at radius 1 is 1.50 bits per heavy atom. The molecule has 16 heavy (non-hydrogen) atoms. The van der Waals surface area contributed by atoms with Crippen LogP contribution in [0.4, 0.5) is 0 Å². The van der Waals surface area contributed by atoms with Crippen molar-refractivity contribution < 1.29 is 0 Å². The molecule has 0 saturated carbocycles. The van der Waals surface area contributed by atoms with Crippen molar-refractivity contribution in [3.05, 3.63) is 29.6 Å². The molecule has 2 nitrogen and oxygen atoms in total. The minimum atomic E-state index is 0.648. The molecule has 1 atom stereocenters. The zero-order chi connectivity index (χ0) is 11.4. The molecule has 1 unspecified atom stereocenters. The molecule has 88 valence electrons. The number of hydrogen-bond donors (Lipinski definition) is 0. The van der Waals surface area contributed by atoms with E-state index in [0.29, 0.717) is 6.04 Å². The van der Waals surface area contributed by atoms with E-state index in [1.54, 1.807) is 0 Å². The van der Waals surface area contributed by atoms with Crippen LogP contribution in [0, 0.1) is 6.92 Å². The molecule has 1 aromatic heterocycles. The van der Waals surface area contributed by atoms with E-state index in [1.807, 2.05) is 12.4 Å². The summed E-state index contributed by atoms with van der Waals surface area (Å²) >= 11 is 0. The Hall–Kier alpha value is -0.890. The minimum Gasteiger partial charge on any atom is -0.296 e. The Morgan fingerprint density at radius 2 is 2.38 bits per heavy atom. The van der Waals surface area contributed by atoms with E-state index in [4.69, 9.17) is 0 Å². The van der Waals surface area contributed by atoms with Gasteiger partial charge in [0, 0.05) is 18.4 Å². The first-order valence-electron chi connectivity index (χ1n) is 6.47. The second kappa shape index (κ2) is 5.44. The van der Waals surface area contributed by atoms with Crippen LogP contribution in [0.15, 0.2) is 18.5 Å². The third-order valence-electron chi connectivity index (χ3n) is 3.59. The number of unbranched alkanes of at least 4 members (excludes halogenated alkanes) is 1. The van der Waals surface area contributed by atoms with E-state index >= 15 is 0 Å². The van der Waals surface area contributed by atoms with Gasteiger partial charge in [-0.3, -0.25) is 9.88 Å². The number of likely N-dealkylation sites (tertiary alicyclic amines) is 1. The first kappa shape index (κ1) is 11.6. The lowest BCUT2D eigenvalue weighted by atomic mass is 10.0. The molecule has 0 radical (unpaired) electrons. The third kappa shape index (κ3) is 2.43. The monoisotopic (exact) mass is 218 g/mol. The molecule has 1 aliphatic rings. The third-order valence-corrected chi connectivity index (χ3v) is 3.59. The number of nitrogens with zero attached hydrogens (tertiary/aromatic N) is 2. The highest BCUT2D eigenvalue weighted by atomic mass is 15.2. The van der Waals surface area contributed by atoms with Crippen LogP contribution >= 0.6 is 0 Å². The Kier molecular flexibility index (Phi) is 3.94. The summed E-state index contributed by atoms with van der Waals surface area (Å²) < 4.78 is 0. The number of aryl methyl sites for hydroxylation is 1. The van der Waals surface area contributed by atoms with E-state index in [0.717, 1.165) is 0 Å². The second-order valence-corrected chi connectivity index (χ2v) is 4.78. The maximum absolute atomic E-state index is 4.18. The summed E-state index contributed by atoms with van der Waals surface area (Å²) in [5, 5.41) is 0. The van der Waals surface area contributed by atoms with Gasteiger partial charge >= 0.3 is 0 Å². The summed E-state index contributed by atoms with van der Waals surface area (Å²) in [5.41, 5.74) is 2.83. The van der Waals surface area contributed by atoms with E-state index in [9.17, 15) is 0 Å². The van der Waals surface area contributed by atoms with Gasteiger partial charge in [-0.25, -0.2) is 0 Å². The lowest BCUT2D eigenvalue weighted by Gasteiger charge is -2.25. The van der Waals surface area contributed by atoms with Crippen LogP contribution in [0.2, 0.25) is 0 Å². The fraction of sp³-hybridized carbons (Fsp3) is 0.643. The molecule has 0 aromatic carbocycles. The molecule has 1 aromatic rings. The number of aromatic nitrogens is 1. The maximum atomic E-state index is 4.18. The van der Waals surface area contributed by atoms with Gasteiger partial charge in [0.1, 0.15) is 0 Å². The summed E-state index contributed by atoms with van der Waals surface area (Å²) in [6.45, 7) is 6.97. The largest absolute Gasteiger partial charge is 0.296 e. The van der Waals surface area contributed by atoms with Crippen molar-refractivity contribution in [2.24, 2.45) is 0 Å². The highest BCUT2D eigenvalue weighted by Crippen LogP contribution is 2.33. The van der Waals surface area contributed by atoms with Gasteiger partial charge in [0.15, 0.2) is 0 Å². The smallest absolute Gasteiger partial charge is 0.0352 e. The molecule has 0 aliphatic carbocycles. The summed E-state index contributed by atoms with van der Waals surface area (Å²) in [4.78, 5) is 6.83. The summed E-state index contributed by atoms with van der Waals surface area (Å²) in [6, 6.07) is 2.85. The van der Waals surface area contributed by atoms with Crippen molar-refractivity contribution >= 4 is 0 Å². The van der Waals surface area contributed by atoms with Crippen molar-refractivity contribution in [2.75, 3.05) is 13.1 Å². The van der Waals surface area contributed by atoms with E-state index in [2.05, 4.69) is 29.8 Å². The Bertz CT molecular complexity index is 335. The molecule has 0 amide bonds. The first-order chi connectivity index (χ1) is 7.83. The lowest BCUT2D eigenvalue weighted by molar-refractivity contribution is 0.252. The molecular weight excluding hydrogens is 196 g/mol. The van der Waals surface area contributed by atoms with Gasteiger partial charge in [-0.15, -0.1) is 0 Å². The summed E-state index contributed by atoms with van der Waals surface area (Å²) in [6.07, 6.45) is 9.19. The normalized spacial score (nSPS) is 21.5. The van der Waals surface area contributed by atoms with Gasteiger partial charge in [0.25, 0.3) is 0 Å². The van der Waals surface area contributed by atoms with Crippen LogP contribution in [0.5, 0.6) is 0 Å². The zero-order valence-electron chi connectivity index (χ0n) is 10.4. The SMILES string of the molecule is CCCCN1CCCC1c1ccncc1C. The van der Waals surface area contributed by atoms with Gasteiger partial charge in [-0.05, 0) is 56.5 Å². The highest BCUT2D eigenvalue weighted by Gasteiger charge is 2.26. The standard InChI is InChI=1S/C14H22N2/c1-3-4-9-16-10-5-6-14(16)13-7-8-15-11-12(13)2/h7-8,11,14H,3-6,9-10H2,1-2H3. The first-order valence-corrected chi connectivity index (χ1v) is 6.47. The minimum absolute atomic E-state index is 0.648. The zero-order valence-corrected chi connectivity index (χ0v) is 10.4.